The Morgan fingerprint density at radius 3 is 1.69 bits per heavy atom. The van der Waals surface area contributed by atoms with Gasteiger partial charge in [-0.25, -0.2) is 0 Å². The number of likely N-dealkylation sites (tertiary alicyclic amines) is 1. The van der Waals surface area contributed by atoms with Gasteiger partial charge in [0, 0.05) is 12.8 Å². The van der Waals surface area contributed by atoms with E-state index < -0.39 is 7.82 Å². The Labute approximate surface area is 180 Å². The molecule has 1 N–H and O–H groups in total. The number of quaternary nitrogens is 1. The van der Waals surface area contributed by atoms with E-state index in [1.807, 2.05) is 0 Å². The number of hydrogen-bond donors (Lipinski definition) is 1. The van der Waals surface area contributed by atoms with Crippen LogP contribution in [0.4, 0.5) is 0 Å². The number of phosphoric ester groups is 1. The molecule has 6 heteroatoms. The second-order valence-electron chi connectivity index (χ2n) is 8.78. The molecule has 1 heterocycles. The van der Waals surface area contributed by atoms with Crippen LogP contribution < -0.4 is 9.79 Å². The van der Waals surface area contributed by atoms with Crippen LogP contribution in [-0.4, -0.2) is 32.3 Å². The first kappa shape index (κ1) is 27.1. The molecule has 1 atom stereocenters. The van der Waals surface area contributed by atoms with Crippen molar-refractivity contribution in [2.75, 3.05) is 26.2 Å². The highest BCUT2D eigenvalue weighted by Gasteiger charge is 2.25. The van der Waals surface area contributed by atoms with Gasteiger partial charge in [-0.15, -0.1) is 0 Å². The van der Waals surface area contributed by atoms with Gasteiger partial charge in [-0.3, -0.25) is 4.57 Å². The first-order valence-corrected chi connectivity index (χ1v) is 14.0. The standard InChI is InChI=1S/C23H48NO4P/c1-3-5-6-7-8-9-10-11-12-13-14-15-16-17-22-27-29(25,26)28-23-18-20-24(4-2)21-19-23/h23H,3-22H2,1-2H3,(H,25,26). The minimum atomic E-state index is -4.13. The summed E-state index contributed by atoms with van der Waals surface area (Å²) in [6.07, 6.45) is 19.4. The van der Waals surface area contributed by atoms with E-state index in [1.165, 1.54) is 81.9 Å². The van der Waals surface area contributed by atoms with Gasteiger partial charge in [-0.2, -0.15) is 0 Å². The summed E-state index contributed by atoms with van der Waals surface area (Å²) in [5.41, 5.74) is 0. The molecule has 0 aliphatic carbocycles. The average molecular weight is 434 g/mol. The van der Waals surface area contributed by atoms with Gasteiger partial charge in [0.25, 0.3) is 7.82 Å². The van der Waals surface area contributed by atoms with Crippen molar-refractivity contribution in [1.29, 1.82) is 0 Å². The molecule has 1 saturated heterocycles. The predicted octanol–water partition coefficient (Wildman–Crippen LogP) is 5.04. The summed E-state index contributed by atoms with van der Waals surface area (Å²) in [7, 11) is -4.13. The topological polar surface area (TPSA) is 63.0 Å². The fourth-order valence-corrected chi connectivity index (χ4v) is 5.13. The number of unbranched alkanes of at least 4 members (excludes halogenated alkanes) is 13. The molecular weight excluding hydrogens is 385 g/mol. The van der Waals surface area contributed by atoms with Crippen molar-refractivity contribution in [2.45, 2.75) is 123 Å². The maximum absolute atomic E-state index is 12.0. The third-order valence-electron chi connectivity index (χ3n) is 6.17. The summed E-state index contributed by atoms with van der Waals surface area (Å²) < 4.78 is 22.3. The van der Waals surface area contributed by atoms with E-state index in [0.29, 0.717) is 0 Å². The van der Waals surface area contributed by atoms with E-state index in [0.717, 1.165) is 45.3 Å². The Hall–Kier alpha value is 0.0700. The van der Waals surface area contributed by atoms with Crippen LogP contribution in [0.2, 0.25) is 0 Å². The Bertz CT molecular complexity index is 414. The predicted molar refractivity (Wildman–Crippen MR) is 119 cm³/mol. The van der Waals surface area contributed by atoms with Gasteiger partial charge in [0.1, 0.15) is 0 Å². The molecule has 1 aliphatic rings. The highest BCUT2D eigenvalue weighted by molar-refractivity contribution is 7.45. The van der Waals surface area contributed by atoms with Gasteiger partial charge < -0.3 is 18.8 Å². The molecule has 1 rings (SSSR count). The first-order valence-electron chi connectivity index (χ1n) is 12.5. The van der Waals surface area contributed by atoms with Crippen molar-refractivity contribution in [3.63, 3.8) is 0 Å². The Balaban J connectivity index is 1.86. The van der Waals surface area contributed by atoms with Crippen LogP contribution in [0.3, 0.4) is 0 Å². The van der Waals surface area contributed by atoms with Gasteiger partial charge in [-0.1, -0.05) is 90.4 Å². The summed E-state index contributed by atoms with van der Waals surface area (Å²) >= 11 is 0. The second kappa shape index (κ2) is 17.7. The number of hydrogen-bond acceptors (Lipinski definition) is 4. The molecule has 0 saturated carbocycles. The molecule has 0 aromatic carbocycles. The molecule has 0 bridgehead atoms. The van der Waals surface area contributed by atoms with Crippen LogP contribution in [-0.2, 0) is 13.6 Å². The number of piperidine rings is 1. The van der Waals surface area contributed by atoms with Crippen LogP contribution >= 0.6 is 7.82 Å². The normalized spacial score (nSPS) is 21.9. The summed E-state index contributed by atoms with van der Waals surface area (Å²) in [6, 6.07) is 0. The van der Waals surface area contributed by atoms with Gasteiger partial charge >= 0.3 is 0 Å². The van der Waals surface area contributed by atoms with Crippen molar-refractivity contribution in [3.8, 4) is 0 Å². The van der Waals surface area contributed by atoms with Gasteiger partial charge in [0.2, 0.25) is 0 Å². The quantitative estimate of drug-likeness (QED) is 0.229. The Kier molecular flexibility index (Phi) is 16.6. The third kappa shape index (κ3) is 15.5. The molecule has 5 nitrogen and oxygen atoms in total. The van der Waals surface area contributed by atoms with E-state index in [2.05, 4.69) is 13.8 Å². The Morgan fingerprint density at radius 1 is 0.793 bits per heavy atom. The van der Waals surface area contributed by atoms with E-state index >= 15 is 0 Å². The summed E-state index contributed by atoms with van der Waals surface area (Å²) in [5.74, 6) is 0. The lowest BCUT2D eigenvalue weighted by Gasteiger charge is -2.32. The maximum Gasteiger partial charge on any atom is 0.268 e. The lowest BCUT2D eigenvalue weighted by molar-refractivity contribution is -0.904. The van der Waals surface area contributed by atoms with E-state index in [9.17, 15) is 9.46 Å². The lowest BCUT2D eigenvalue weighted by Crippen LogP contribution is -3.12. The molecule has 0 aromatic heterocycles. The highest BCUT2D eigenvalue weighted by atomic mass is 31.2. The van der Waals surface area contributed by atoms with Gasteiger partial charge in [0.15, 0.2) is 0 Å². The van der Waals surface area contributed by atoms with E-state index in [1.54, 1.807) is 0 Å². The molecule has 0 radical (unpaired) electrons. The average Bonchev–Trinajstić information content (AvgIpc) is 2.71. The van der Waals surface area contributed by atoms with Gasteiger partial charge in [0.05, 0.1) is 32.3 Å². The zero-order valence-electron chi connectivity index (χ0n) is 19.3. The fourth-order valence-electron chi connectivity index (χ4n) is 4.14. The molecule has 1 unspecified atom stereocenters. The first-order chi connectivity index (χ1) is 14.1. The van der Waals surface area contributed by atoms with Crippen molar-refractivity contribution in [3.05, 3.63) is 0 Å². The molecule has 29 heavy (non-hydrogen) atoms. The van der Waals surface area contributed by atoms with E-state index in [-0.39, 0.29) is 12.7 Å². The molecule has 1 aliphatic heterocycles. The third-order valence-corrected chi connectivity index (χ3v) is 7.22. The van der Waals surface area contributed by atoms with Crippen molar-refractivity contribution >= 4 is 7.82 Å². The fraction of sp³-hybridized carbons (Fsp3) is 1.00. The van der Waals surface area contributed by atoms with E-state index in [4.69, 9.17) is 9.05 Å². The minimum Gasteiger partial charge on any atom is -0.756 e. The highest BCUT2D eigenvalue weighted by Crippen LogP contribution is 2.41. The SMILES string of the molecule is CCCCCCCCCCCCCCCCOP(=O)([O-])OC1CC[NH+](CC)CC1. The number of rotatable bonds is 19. The van der Waals surface area contributed by atoms with Crippen LogP contribution in [0.1, 0.15) is 117 Å². The molecular formula is C23H48NO4P. The monoisotopic (exact) mass is 433 g/mol. The van der Waals surface area contributed by atoms with Gasteiger partial charge in [-0.05, 0) is 13.3 Å². The van der Waals surface area contributed by atoms with Crippen molar-refractivity contribution in [2.24, 2.45) is 0 Å². The van der Waals surface area contributed by atoms with Crippen molar-refractivity contribution < 1.29 is 23.4 Å². The molecule has 1 fully saturated rings. The Morgan fingerprint density at radius 2 is 1.24 bits per heavy atom. The summed E-state index contributed by atoms with van der Waals surface area (Å²) in [4.78, 5) is 13.5. The van der Waals surface area contributed by atoms with Crippen LogP contribution in [0.5, 0.6) is 0 Å². The smallest absolute Gasteiger partial charge is 0.268 e. The lowest BCUT2D eigenvalue weighted by atomic mass is 10.0. The molecule has 0 spiro atoms. The van der Waals surface area contributed by atoms with Crippen LogP contribution in [0, 0.1) is 0 Å². The number of nitrogens with one attached hydrogen (secondary N) is 1. The van der Waals surface area contributed by atoms with Crippen LogP contribution in [0.15, 0.2) is 0 Å². The zero-order valence-corrected chi connectivity index (χ0v) is 20.2. The largest absolute Gasteiger partial charge is 0.756 e. The summed E-state index contributed by atoms with van der Waals surface area (Å²) in [5, 5.41) is 0. The number of phosphoric acid groups is 1. The van der Waals surface area contributed by atoms with Crippen molar-refractivity contribution in [1.82, 2.24) is 0 Å². The maximum atomic E-state index is 12.0. The molecule has 0 aromatic rings. The second-order valence-corrected chi connectivity index (χ2v) is 10.1. The molecule has 174 valence electrons. The van der Waals surface area contributed by atoms with Crippen LogP contribution in [0.25, 0.3) is 0 Å². The minimum absolute atomic E-state index is 0.190. The zero-order chi connectivity index (χ0) is 21.2. The molecule has 0 amide bonds. The summed E-state index contributed by atoms with van der Waals surface area (Å²) in [6.45, 7) is 7.76.